The van der Waals surface area contributed by atoms with Gasteiger partial charge < -0.3 is 15.1 Å². The Balaban J connectivity index is 1.37. The van der Waals surface area contributed by atoms with Gasteiger partial charge in [0, 0.05) is 43.8 Å². The molecule has 0 atom stereocenters. The van der Waals surface area contributed by atoms with Crippen LogP contribution in [-0.4, -0.2) is 79.6 Å². The maximum atomic E-state index is 12.4. The van der Waals surface area contributed by atoms with Gasteiger partial charge in [0.15, 0.2) is 0 Å². The van der Waals surface area contributed by atoms with E-state index in [9.17, 15) is 4.79 Å². The Kier molecular flexibility index (Phi) is 6.57. The number of nitrogens with one attached hydrogen (secondary N) is 1. The van der Waals surface area contributed by atoms with E-state index in [1.165, 1.54) is 25.9 Å². The third-order valence-electron chi connectivity index (χ3n) is 5.43. The molecular weight excluding hydrogens is 336 g/mol. The zero-order valence-electron chi connectivity index (χ0n) is 15.1. The van der Waals surface area contributed by atoms with Crippen LogP contribution in [0.25, 0.3) is 0 Å². The summed E-state index contributed by atoms with van der Waals surface area (Å²) in [5, 5.41) is 3.80. The van der Waals surface area contributed by atoms with E-state index in [0.717, 1.165) is 43.2 Å². The number of urea groups is 1. The van der Waals surface area contributed by atoms with Crippen LogP contribution in [0, 0.1) is 0 Å². The third-order valence-corrected chi connectivity index (χ3v) is 5.80. The quantitative estimate of drug-likeness (QED) is 0.891. The average molecular weight is 365 g/mol. The standard InChI is InChI=1S/C19H29ClN4O/c1-22-10-7-17(8-11-22)23-12-14-24(15-13-23)19(25)21-9-6-16-4-2-3-5-18(16)20/h2-5,17H,6-15H2,1H3,(H,21,25). The highest BCUT2D eigenvalue weighted by atomic mass is 35.5. The molecule has 2 heterocycles. The number of halogens is 1. The Morgan fingerprint density at radius 2 is 1.80 bits per heavy atom. The highest BCUT2D eigenvalue weighted by Gasteiger charge is 2.27. The molecule has 5 nitrogen and oxygen atoms in total. The molecule has 1 aromatic carbocycles. The summed E-state index contributed by atoms with van der Waals surface area (Å²) in [6.45, 7) is 6.63. The molecular formula is C19H29ClN4O. The van der Waals surface area contributed by atoms with Gasteiger partial charge in [0.2, 0.25) is 0 Å². The van der Waals surface area contributed by atoms with E-state index in [-0.39, 0.29) is 6.03 Å². The van der Waals surface area contributed by atoms with Crippen LogP contribution in [0.15, 0.2) is 24.3 Å². The van der Waals surface area contributed by atoms with E-state index in [1.54, 1.807) is 0 Å². The molecule has 0 unspecified atom stereocenters. The average Bonchev–Trinajstić information content (AvgIpc) is 2.64. The Morgan fingerprint density at radius 1 is 1.12 bits per heavy atom. The van der Waals surface area contributed by atoms with E-state index in [4.69, 9.17) is 11.6 Å². The van der Waals surface area contributed by atoms with Gasteiger partial charge in [0.05, 0.1) is 0 Å². The highest BCUT2D eigenvalue weighted by Crippen LogP contribution is 2.18. The largest absolute Gasteiger partial charge is 0.338 e. The zero-order valence-corrected chi connectivity index (χ0v) is 15.8. The van der Waals surface area contributed by atoms with Gasteiger partial charge in [-0.15, -0.1) is 0 Å². The van der Waals surface area contributed by atoms with Gasteiger partial charge in [-0.05, 0) is 51.0 Å². The number of piperazine rings is 1. The van der Waals surface area contributed by atoms with Crippen molar-refractivity contribution in [2.75, 3.05) is 52.9 Å². The van der Waals surface area contributed by atoms with E-state index in [1.807, 2.05) is 29.2 Å². The summed E-state index contributed by atoms with van der Waals surface area (Å²) in [7, 11) is 2.20. The fraction of sp³-hybridized carbons (Fsp3) is 0.632. The first-order valence-electron chi connectivity index (χ1n) is 9.32. The summed E-state index contributed by atoms with van der Waals surface area (Å²) in [6, 6.07) is 8.55. The molecule has 138 valence electrons. The summed E-state index contributed by atoms with van der Waals surface area (Å²) < 4.78 is 0. The molecule has 2 aliphatic rings. The highest BCUT2D eigenvalue weighted by molar-refractivity contribution is 6.31. The van der Waals surface area contributed by atoms with Gasteiger partial charge >= 0.3 is 6.03 Å². The molecule has 6 heteroatoms. The van der Waals surface area contributed by atoms with Crippen LogP contribution >= 0.6 is 11.6 Å². The monoisotopic (exact) mass is 364 g/mol. The van der Waals surface area contributed by atoms with E-state index in [0.29, 0.717) is 12.6 Å². The Labute approximate surface area is 155 Å². The Hall–Kier alpha value is -1.30. The minimum Gasteiger partial charge on any atom is -0.338 e. The molecule has 0 bridgehead atoms. The minimum absolute atomic E-state index is 0.0510. The number of amides is 2. The second-order valence-electron chi connectivity index (χ2n) is 7.13. The SMILES string of the molecule is CN1CCC(N2CCN(C(=O)NCCc3ccccc3Cl)CC2)CC1. The van der Waals surface area contributed by atoms with Crippen molar-refractivity contribution in [1.82, 2.24) is 20.0 Å². The zero-order chi connectivity index (χ0) is 17.6. The summed E-state index contributed by atoms with van der Waals surface area (Å²) >= 11 is 6.16. The minimum atomic E-state index is 0.0510. The molecule has 25 heavy (non-hydrogen) atoms. The molecule has 2 aliphatic heterocycles. The molecule has 0 radical (unpaired) electrons. The molecule has 0 aromatic heterocycles. The predicted octanol–water partition coefficient (Wildman–Crippen LogP) is 2.30. The van der Waals surface area contributed by atoms with Crippen LogP contribution in [0.1, 0.15) is 18.4 Å². The predicted molar refractivity (Wildman–Crippen MR) is 102 cm³/mol. The van der Waals surface area contributed by atoms with Crippen LogP contribution in [0.4, 0.5) is 4.79 Å². The Bertz CT molecular complexity index is 566. The first kappa shape index (κ1) is 18.5. The van der Waals surface area contributed by atoms with E-state index < -0.39 is 0 Å². The lowest BCUT2D eigenvalue weighted by molar-refractivity contribution is 0.0750. The van der Waals surface area contributed by atoms with Crippen LogP contribution in [0.3, 0.4) is 0 Å². The normalized spacial score (nSPS) is 20.6. The first-order valence-corrected chi connectivity index (χ1v) is 9.70. The molecule has 1 N–H and O–H groups in total. The molecule has 2 saturated heterocycles. The third kappa shape index (κ3) is 5.09. The van der Waals surface area contributed by atoms with Gasteiger partial charge in [-0.1, -0.05) is 29.8 Å². The fourth-order valence-electron chi connectivity index (χ4n) is 3.77. The molecule has 0 spiro atoms. The maximum absolute atomic E-state index is 12.4. The Morgan fingerprint density at radius 3 is 2.48 bits per heavy atom. The molecule has 0 aliphatic carbocycles. The first-order chi connectivity index (χ1) is 12.1. The van der Waals surface area contributed by atoms with Crippen molar-refractivity contribution in [1.29, 1.82) is 0 Å². The lowest BCUT2D eigenvalue weighted by Gasteiger charge is -2.42. The summed E-state index contributed by atoms with van der Waals surface area (Å²) in [6.07, 6.45) is 3.27. The number of carbonyl (C=O) groups is 1. The molecule has 3 rings (SSSR count). The fourth-order valence-corrected chi connectivity index (χ4v) is 4.00. The topological polar surface area (TPSA) is 38.8 Å². The maximum Gasteiger partial charge on any atom is 0.317 e. The van der Waals surface area contributed by atoms with Crippen LogP contribution in [0.5, 0.6) is 0 Å². The summed E-state index contributed by atoms with van der Waals surface area (Å²) in [5.41, 5.74) is 1.08. The summed E-state index contributed by atoms with van der Waals surface area (Å²) in [5.74, 6) is 0. The van der Waals surface area contributed by atoms with Crippen molar-refractivity contribution in [2.24, 2.45) is 0 Å². The van der Waals surface area contributed by atoms with Crippen molar-refractivity contribution in [3.05, 3.63) is 34.9 Å². The smallest absolute Gasteiger partial charge is 0.317 e. The number of carbonyl (C=O) groups excluding carboxylic acids is 1. The second kappa shape index (κ2) is 8.88. The molecule has 2 fully saturated rings. The van der Waals surface area contributed by atoms with Crippen LogP contribution < -0.4 is 5.32 Å². The molecule has 2 amide bonds. The van der Waals surface area contributed by atoms with Crippen LogP contribution in [0.2, 0.25) is 5.02 Å². The van der Waals surface area contributed by atoms with Gasteiger partial charge in [-0.3, -0.25) is 4.90 Å². The number of nitrogens with zero attached hydrogens (tertiary/aromatic N) is 3. The van der Waals surface area contributed by atoms with Gasteiger partial charge in [0.25, 0.3) is 0 Å². The van der Waals surface area contributed by atoms with Crippen molar-refractivity contribution in [2.45, 2.75) is 25.3 Å². The molecule has 0 saturated carbocycles. The van der Waals surface area contributed by atoms with Gasteiger partial charge in [-0.25, -0.2) is 4.79 Å². The number of piperidine rings is 1. The van der Waals surface area contributed by atoms with Crippen molar-refractivity contribution < 1.29 is 4.79 Å². The van der Waals surface area contributed by atoms with Crippen molar-refractivity contribution in [3.63, 3.8) is 0 Å². The number of benzene rings is 1. The lowest BCUT2D eigenvalue weighted by atomic mass is 10.0. The lowest BCUT2D eigenvalue weighted by Crippen LogP contribution is -2.55. The second-order valence-corrected chi connectivity index (χ2v) is 7.54. The number of likely N-dealkylation sites (tertiary alicyclic amines) is 1. The number of rotatable bonds is 4. The number of hydrogen-bond acceptors (Lipinski definition) is 3. The van der Waals surface area contributed by atoms with E-state index in [2.05, 4.69) is 22.2 Å². The number of hydrogen-bond donors (Lipinski definition) is 1. The van der Waals surface area contributed by atoms with Crippen molar-refractivity contribution >= 4 is 17.6 Å². The summed E-state index contributed by atoms with van der Waals surface area (Å²) in [4.78, 5) is 19.3. The van der Waals surface area contributed by atoms with Gasteiger partial charge in [0.1, 0.15) is 0 Å². The molecule has 1 aromatic rings. The van der Waals surface area contributed by atoms with Crippen molar-refractivity contribution in [3.8, 4) is 0 Å². The van der Waals surface area contributed by atoms with E-state index >= 15 is 0 Å². The van der Waals surface area contributed by atoms with Crippen LogP contribution in [-0.2, 0) is 6.42 Å². The van der Waals surface area contributed by atoms with Gasteiger partial charge in [-0.2, -0.15) is 0 Å².